The Kier molecular flexibility index (Phi) is 2.79. The highest BCUT2D eigenvalue weighted by Crippen LogP contribution is 2.41. The van der Waals surface area contributed by atoms with E-state index in [1.54, 1.807) is 12.1 Å². The molecule has 2 aromatic carbocycles. The van der Waals surface area contributed by atoms with E-state index in [1.165, 1.54) is 6.07 Å². The van der Waals surface area contributed by atoms with Crippen LogP contribution in [0.15, 0.2) is 40.9 Å². The van der Waals surface area contributed by atoms with Crippen LogP contribution in [0.2, 0.25) is 0 Å². The second kappa shape index (κ2) is 4.56. The summed E-state index contributed by atoms with van der Waals surface area (Å²) in [6, 6.07) is 11.4. The Labute approximate surface area is 129 Å². The Morgan fingerprint density at radius 2 is 2.00 bits per heavy atom. The molecule has 0 aliphatic heterocycles. The van der Waals surface area contributed by atoms with Crippen molar-refractivity contribution in [2.45, 2.75) is 18.9 Å². The number of imidazole rings is 1. The number of hydrogen-bond acceptors (Lipinski definition) is 2. The van der Waals surface area contributed by atoms with Gasteiger partial charge in [0.1, 0.15) is 11.6 Å². The van der Waals surface area contributed by atoms with Gasteiger partial charge in [0.05, 0.1) is 16.7 Å². The fourth-order valence-electron chi connectivity index (χ4n) is 2.66. The van der Waals surface area contributed by atoms with Crippen LogP contribution in [0, 0.1) is 5.82 Å². The van der Waals surface area contributed by atoms with Crippen molar-refractivity contribution < 1.29 is 4.39 Å². The molecule has 3 aromatic rings. The molecule has 0 amide bonds. The number of nitrogen functional groups attached to an aromatic ring is 1. The molecular formula is C16H13BrFN3. The maximum absolute atomic E-state index is 13.4. The molecule has 2 N–H and O–H groups in total. The topological polar surface area (TPSA) is 43.8 Å². The molecule has 0 bridgehead atoms. The molecule has 1 aliphatic carbocycles. The van der Waals surface area contributed by atoms with Gasteiger partial charge in [0.25, 0.3) is 0 Å². The molecule has 4 rings (SSSR count). The third-order valence-corrected chi connectivity index (χ3v) is 4.31. The summed E-state index contributed by atoms with van der Waals surface area (Å²) in [7, 11) is 0. The highest BCUT2D eigenvalue weighted by molar-refractivity contribution is 9.10. The van der Waals surface area contributed by atoms with E-state index in [0.717, 1.165) is 39.7 Å². The van der Waals surface area contributed by atoms with E-state index < -0.39 is 5.82 Å². The van der Waals surface area contributed by atoms with Gasteiger partial charge in [-0.25, -0.2) is 9.37 Å². The number of nitrogens with zero attached hydrogens (tertiary/aromatic N) is 2. The normalized spacial score (nSPS) is 14.8. The van der Waals surface area contributed by atoms with Crippen LogP contribution < -0.4 is 5.73 Å². The number of nitrogens with two attached hydrogens (primary N) is 1. The van der Waals surface area contributed by atoms with Crippen LogP contribution in [0.1, 0.15) is 18.9 Å². The number of halogens is 2. The Hall–Kier alpha value is -1.88. The number of anilines is 1. The molecule has 0 radical (unpaired) electrons. The molecule has 1 aromatic heterocycles. The lowest BCUT2D eigenvalue weighted by molar-refractivity contribution is 0.632. The van der Waals surface area contributed by atoms with Crippen molar-refractivity contribution in [1.82, 2.24) is 9.55 Å². The van der Waals surface area contributed by atoms with Crippen molar-refractivity contribution >= 4 is 32.7 Å². The second-order valence-electron chi connectivity index (χ2n) is 5.41. The second-order valence-corrected chi connectivity index (χ2v) is 6.32. The third kappa shape index (κ3) is 2.12. The van der Waals surface area contributed by atoms with E-state index in [-0.39, 0.29) is 5.69 Å². The average Bonchev–Trinajstić information content (AvgIpc) is 3.22. The molecule has 21 heavy (non-hydrogen) atoms. The van der Waals surface area contributed by atoms with Gasteiger partial charge >= 0.3 is 0 Å². The molecule has 106 valence electrons. The van der Waals surface area contributed by atoms with Crippen molar-refractivity contribution in [3.8, 4) is 11.4 Å². The molecule has 1 heterocycles. The zero-order valence-corrected chi connectivity index (χ0v) is 12.8. The molecule has 1 fully saturated rings. The lowest BCUT2D eigenvalue weighted by Crippen LogP contribution is -1.98. The van der Waals surface area contributed by atoms with Crippen LogP contribution >= 0.6 is 15.9 Å². The minimum Gasteiger partial charge on any atom is -0.396 e. The predicted molar refractivity (Wildman–Crippen MR) is 85.5 cm³/mol. The molecule has 0 unspecified atom stereocenters. The number of hydrogen-bond donors (Lipinski definition) is 1. The fraction of sp³-hybridized carbons (Fsp3) is 0.188. The number of rotatable bonds is 2. The Morgan fingerprint density at radius 3 is 2.71 bits per heavy atom. The van der Waals surface area contributed by atoms with E-state index in [0.29, 0.717) is 6.04 Å². The molecule has 0 atom stereocenters. The summed E-state index contributed by atoms with van der Waals surface area (Å²) in [5.74, 6) is 0.466. The Morgan fingerprint density at radius 1 is 1.19 bits per heavy atom. The summed E-state index contributed by atoms with van der Waals surface area (Å²) in [4.78, 5) is 4.73. The first-order valence-electron chi connectivity index (χ1n) is 6.86. The zero-order chi connectivity index (χ0) is 14.6. The van der Waals surface area contributed by atoms with Crippen LogP contribution in [0.5, 0.6) is 0 Å². The molecule has 5 heteroatoms. The monoisotopic (exact) mass is 345 g/mol. The summed E-state index contributed by atoms with van der Waals surface area (Å²) in [5.41, 5.74) is 8.76. The summed E-state index contributed by atoms with van der Waals surface area (Å²) < 4.78 is 16.6. The van der Waals surface area contributed by atoms with Gasteiger partial charge in [-0.1, -0.05) is 15.9 Å². The van der Waals surface area contributed by atoms with Gasteiger partial charge in [-0.15, -0.1) is 0 Å². The number of fused-ring (bicyclic) bond motifs is 1. The van der Waals surface area contributed by atoms with Gasteiger partial charge in [0.15, 0.2) is 0 Å². The van der Waals surface area contributed by atoms with Crippen molar-refractivity contribution in [1.29, 1.82) is 0 Å². The van der Waals surface area contributed by atoms with Crippen LogP contribution in [-0.2, 0) is 0 Å². The summed E-state index contributed by atoms with van der Waals surface area (Å²) in [6.45, 7) is 0. The Bertz CT molecular complexity index is 852. The SMILES string of the molecule is Nc1cc(-c2nc3cc(Br)ccc3n2C2CC2)ccc1F. The van der Waals surface area contributed by atoms with Gasteiger partial charge in [0, 0.05) is 16.1 Å². The van der Waals surface area contributed by atoms with Crippen LogP contribution in [0.3, 0.4) is 0 Å². The van der Waals surface area contributed by atoms with Gasteiger partial charge < -0.3 is 10.3 Å². The quantitative estimate of drug-likeness (QED) is 0.693. The molecule has 1 aliphatic rings. The van der Waals surface area contributed by atoms with Gasteiger partial charge in [0.2, 0.25) is 0 Å². The lowest BCUT2D eigenvalue weighted by Gasteiger charge is -2.08. The van der Waals surface area contributed by atoms with E-state index in [9.17, 15) is 4.39 Å². The van der Waals surface area contributed by atoms with Crippen LogP contribution in [0.25, 0.3) is 22.4 Å². The molecule has 0 spiro atoms. The van der Waals surface area contributed by atoms with Gasteiger partial charge in [-0.05, 0) is 49.2 Å². The summed E-state index contributed by atoms with van der Waals surface area (Å²) in [6.07, 6.45) is 2.32. The van der Waals surface area contributed by atoms with E-state index in [2.05, 4.69) is 26.6 Å². The summed E-state index contributed by atoms with van der Waals surface area (Å²) in [5, 5.41) is 0. The summed E-state index contributed by atoms with van der Waals surface area (Å²) >= 11 is 3.48. The van der Waals surface area contributed by atoms with E-state index >= 15 is 0 Å². The van der Waals surface area contributed by atoms with Gasteiger partial charge in [-0.2, -0.15) is 0 Å². The largest absolute Gasteiger partial charge is 0.396 e. The Balaban J connectivity index is 1.98. The van der Waals surface area contributed by atoms with Crippen LogP contribution in [-0.4, -0.2) is 9.55 Å². The standard InChI is InChI=1S/C16H13BrFN3/c17-10-2-6-15-14(8-10)20-16(21(15)11-3-4-11)9-1-5-12(18)13(19)7-9/h1-2,5-8,11H,3-4,19H2. The molecule has 3 nitrogen and oxygen atoms in total. The minimum atomic E-state index is -0.393. The smallest absolute Gasteiger partial charge is 0.146 e. The maximum atomic E-state index is 13.4. The third-order valence-electron chi connectivity index (χ3n) is 3.82. The first-order valence-corrected chi connectivity index (χ1v) is 7.65. The first-order chi connectivity index (χ1) is 10.1. The van der Waals surface area contributed by atoms with Crippen molar-refractivity contribution in [3.05, 3.63) is 46.7 Å². The zero-order valence-electron chi connectivity index (χ0n) is 11.2. The highest BCUT2D eigenvalue weighted by Gasteiger charge is 2.28. The van der Waals surface area contributed by atoms with E-state index in [4.69, 9.17) is 10.7 Å². The number of benzene rings is 2. The van der Waals surface area contributed by atoms with Gasteiger partial charge in [-0.3, -0.25) is 0 Å². The maximum Gasteiger partial charge on any atom is 0.146 e. The highest BCUT2D eigenvalue weighted by atomic mass is 79.9. The molecule has 0 saturated heterocycles. The van der Waals surface area contributed by atoms with Crippen LogP contribution in [0.4, 0.5) is 10.1 Å². The molecule has 1 saturated carbocycles. The van der Waals surface area contributed by atoms with Crippen molar-refractivity contribution in [2.24, 2.45) is 0 Å². The van der Waals surface area contributed by atoms with Crippen molar-refractivity contribution in [2.75, 3.05) is 5.73 Å². The number of aromatic nitrogens is 2. The fourth-order valence-corrected chi connectivity index (χ4v) is 3.01. The minimum absolute atomic E-state index is 0.156. The average molecular weight is 346 g/mol. The van der Waals surface area contributed by atoms with Crippen molar-refractivity contribution in [3.63, 3.8) is 0 Å². The lowest BCUT2D eigenvalue weighted by atomic mass is 10.2. The molecular weight excluding hydrogens is 333 g/mol. The first kappa shape index (κ1) is 12.8. The van der Waals surface area contributed by atoms with E-state index in [1.807, 2.05) is 12.1 Å². The predicted octanol–water partition coefficient (Wildman–Crippen LogP) is 4.52.